The summed E-state index contributed by atoms with van der Waals surface area (Å²) in [5, 5.41) is 5.51. The van der Waals surface area contributed by atoms with Crippen LogP contribution in [0.4, 0.5) is 0 Å². The lowest BCUT2D eigenvalue weighted by molar-refractivity contribution is -0.147. The van der Waals surface area contributed by atoms with Gasteiger partial charge in [-0.1, -0.05) is 12.8 Å². The van der Waals surface area contributed by atoms with Gasteiger partial charge in [-0.3, -0.25) is 24.0 Å². The monoisotopic (exact) mass is 512 g/mol. The van der Waals surface area contributed by atoms with Crippen LogP contribution < -0.4 is 10.6 Å². The second-order valence-electron chi connectivity index (χ2n) is 9.80. The highest BCUT2D eigenvalue weighted by Crippen LogP contribution is 2.36. The number of rotatable bonds is 5. The normalized spacial score (nSPS) is 30.0. The molecule has 2 saturated heterocycles. The minimum absolute atomic E-state index is 0.0590. The van der Waals surface area contributed by atoms with Crippen molar-refractivity contribution in [3.05, 3.63) is 0 Å². The summed E-state index contributed by atoms with van der Waals surface area (Å²) in [7, 11) is -1.06. The average Bonchev–Trinajstić information content (AvgIpc) is 3.21. The SMILES string of the molecule is CNC(=O)[C@@H]1CC[C@@H]2CCN(C(C)=O)CC(NC(=O)C3CCCC(C(=O)P(O)O)CCC3)C(=O)N21. The summed E-state index contributed by atoms with van der Waals surface area (Å²) in [5.74, 6) is -1.74. The van der Waals surface area contributed by atoms with E-state index in [1.807, 2.05) is 0 Å². The van der Waals surface area contributed by atoms with E-state index in [4.69, 9.17) is 0 Å². The van der Waals surface area contributed by atoms with Crippen LogP contribution in [0.2, 0.25) is 0 Å². The molecule has 0 radical (unpaired) electrons. The summed E-state index contributed by atoms with van der Waals surface area (Å²) in [4.78, 5) is 85.1. The molecule has 35 heavy (non-hydrogen) atoms. The molecule has 1 saturated carbocycles. The third-order valence-corrected chi connectivity index (χ3v) is 8.39. The van der Waals surface area contributed by atoms with Crippen LogP contribution in [0, 0.1) is 11.8 Å². The largest absolute Gasteiger partial charge is 0.357 e. The van der Waals surface area contributed by atoms with Gasteiger partial charge in [-0.25, -0.2) is 0 Å². The van der Waals surface area contributed by atoms with Crippen molar-refractivity contribution in [1.29, 1.82) is 0 Å². The highest BCUT2D eigenvalue weighted by atomic mass is 31.2. The molecule has 3 atom stereocenters. The van der Waals surface area contributed by atoms with Crippen LogP contribution in [0.1, 0.15) is 64.7 Å². The summed E-state index contributed by atoms with van der Waals surface area (Å²) in [5.41, 5.74) is -0.516. The third-order valence-electron chi connectivity index (χ3n) is 7.63. The standard InChI is InChI=1S/C23H37N4O7P/c1-14(28)26-12-11-17-9-10-19(21(30)24-2)27(17)22(31)18(13-26)25-20(29)15-5-3-7-16(8-4-6-15)23(32)35(33)34/h15-19,33-34H,3-13H2,1-2H3,(H,24,30)(H,25,29)/t15?,16?,17-,18?,19+/m1/s1. The maximum atomic E-state index is 13.6. The van der Waals surface area contributed by atoms with Gasteiger partial charge in [0.2, 0.25) is 37.5 Å². The van der Waals surface area contributed by atoms with Gasteiger partial charge in [-0.05, 0) is 44.9 Å². The minimum Gasteiger partial charge on any atom is -0.357 e. The van der Waals surface area contributed by atoms with Crippen LogP contribution in [0.3, 0.4) is 0 Å². The van der Waals surface area contributed by atoms with Crippen molar-refractivity contribution >= 4 is 37.5 Å². The van der Waals surface area contributed by atoms with E-state index < -0.39 is 31.9 Å². The quantitative estimate of drug-likeness (QED) is 0.385. The van der Waals surface area contributed by atoms with E-state index in [1.165, 1.54) is 14.0 Å². The van der Waals surface area contributed by atoms with Gasteiger partial charge in [0.05, 0.1) is 0 Å². The molecular formula is C23H37N4O7P. The second-order valence-corrected chi connectivity index (χ2v) is 10.8. The Morgan fingerprint density at radius 1 is 0.914 bits per heavy atom. The van der Waals surface area contributed by atoms with E-state index in [-0.39, 0.29) is 42.1 Å². The highest BCUT2D eigenvalue weighted by Gasteiger charge is 2.45. The maximum Gasteiger partial charge on any atom is 0.247 e. The first kappa shape index (κ1) is 27.5. The zero-order valence-electron chi connectivity index (χ0n) is 20.4. The summed E-state index contributed by atoms with van der Waals surface area (Å²) in [6.45, 7) is 1.96. The van der Waals surface area contributed by atoms with Gasteiger partial charge in [0.1, 0.15) is 12.1 Å². The Balaban J connectivity index is 1.71. The predicted octanol–water partition coefficient (Wildman–Crippen LogP) is 0.239. The smallest absolute Gasteiger partial charge is 0.247 e. The van der Waals surface area contributed by atoms with Gasteiger partial charge in [-0.15, -0.1) is 0 Å². The maximum absolute atomic E-state index is 13.6. The van der Waals surface area contributed by atoms with Gasteiger partial charge in [0.25, 0.3) is 0 Å². The molecule has 11 nitrogen and oxygen atoms in total. The summed E-state index contributed by atoms with van der Waals surface area (Å²) in [6, 6.07) is -1.68. The molecule has 4 N–H and O–H groups in total. The average molecular weight is 513 g/mol. The van der Waals surface area contributed by atoms with E-state index in [0.29, 0.717) is 64.3 Å². The Morgan fingerprint density at radius 3 is 2.11 bits per heavy atom. The molecular weight excluding hydrogens is 475 g/mol. The number of likely N-dealkylation sites (N-methyl/N-ethyl adjacent to an activating group) is 1. The van der Waals surface area contributed by atoms with E-state index in [0.717, 1.165) is 0 Å². The molecule has 1 aliphatic carbocycles. The first-order valence-electron chi connectivity index (χ1n) is 12.4. The molecule has 12 heteroatoms. The lowest BCUT2D eigenvalue weighted by Crippen LogP contribution is -2.61. The number of nitrogens with zero attached hydrogens (tertiary/aromatic N) is 2. The Morgan fingerprint density at radius 2 is 1.54 bits per heavy atom. The van der Waals surface area contributed by atoms with Gasteiger partial charge in [0.15, 0.2) is 0 Å². The van der Waals surface area contributed by atoms with Crippen molar-refractivity contribution in [2.75, 3.05) is 20.1 Å². The molecule has 3 fully saturated rings. The van der Waals surface area contributed by atoms with Crippen molar-refractivity contribution in [1.82, 2.24) is 20.4 Å². The lowest BCUT2D eigenvalue weighted by atomic mass is 9.85. The van der Waals surface area contributed by atoms with Crippen molar-refractivity contribution < 1.29 is 33.8 Å². The molecule has 0 aromatic rings. The first-order valence-corrected chi connectivity index (χ1v) is 13.7. The van der Waals surface area contributed by atoms with E-state index in [1.54, 1.807) is 9.80 Å². The second kappa shape index (κ2) is 12.2. The van der Waals surface area contributed by atoms with Gasteiger partial charge in [-0.2, -0.15) is 0 Å². The fourth-order valence-electron chi connectivity index (χ4n) is 5.66. The van der Waals surface area contributed by atoms with Crippen molar-refractivity contribution in [3.63, 3.8) is 0 Å². The number of carbonyl (C=O) groups is 5. The molecule has 0 aromatic carbocycles. The predicted molar refractivity (Wildman–Crippen MR) is 128 cm³/mol. The molecule has 0 aromatic heterocycles. The number of hydrogen-bond acceptors (Lipinski definition) is 7. The molecule has 2 heterocycles. The third kappa shape index (κ3) is 6.57. The molecule has 3 rings (SSSR count). The molecule has 0 spiro atoms. The van der Waals surface area contributed by atoms with Crippen molar-refractivity contribution in [3.8, 4) is 0 Å². The van der Waals surface area contributed by atoms with Gasteiger partial charge >= 0.3 is 0 Å². The number of nitrogens with one attached hydrogen (secondary N) is 2. The molecule has 1 unspecified atom stereocenters. The van der Waals surface area contributed by atoms with Crippen molar-refractivity contribution in [2.24, 2.45) is 11.8 Å². The van der Waals surface area contributed by atoms with Crippen LogP contribution >= 0.6 is 8.38 Å². The van der Waals surface area contributed by atoms with Crippen LogP contribution in [0.5, 0.6) is 0 Å². The molecule has 3 aliphatic rings. The van der Waals surface area contributed by atoms with Gasteiger partial charge in [0, 0.05) is 44.9 Å². The molecule has 2 aliphatic heterocycles. The van der Waals surface area contributed by atoms with Crippen LogP contribution in [0.25, 0.3) is 0 Å². The molecule has 0 bridgehead atoms. The van der Waals surface area contributed by atoms with E-state index in [9.17, 15) is 33.8 Å². The Hall–Kier alpha value is -2.10. The zero-order chi connectivity index (χ0) is 25.7. The first-order chi connectivity index (χ1) is 16.6. The number of fused-ring (bicyclic) bond motifs is 1. The van der Waals surface area contributed by atoms with E-state index >= 15 is 0 Å². The fraction of sp³-hybridized carbons (Fsp3) is 0.783. The van der Waals surface area contributed by atoms with Crippen LogP contribution in [-0.4, -0.2) is 87.0 Å². The molecule has 4 amide bonds. The minimum atomic E-state index is -2.60. The molecule has 196 valence electrons. The zero-order valence-corrected chi connectivity index (χ0v) is 21.3. The van der Waals surface area contributed by atoms with Gasteiger partial charge < -0.3 is 30.2 Å². The Bertz CT molecular complexity index is 829. The Kier molecular flexibility index (Phi) is 9.61. The highest BCUT2D eigenvalue weighted by molar-refractivity contribution is 7.64. The number of amides is 4. The lowest BCUT2D eigenvalue weighted by Gasteiger charge is -2.38. The van der Waals surface area contributed by atoms with Crippen molar-refractivity contribution in [2.45, 2.75) is 82.8 Å². The van der Waals surface area contributed by atoms with Crippen LogP contribution in [0.15, 0.2) is 0 Å². The summed E-state index contributed by atoms with van der Waals surface area (Å²) in [6.07, 6.45) is 5.01. The van der Waals surface area contributed by atoms with Crippen LogP contribution in [-0.2, 0) is 24.0 Å². The number of carbonyl (C=O) groups excluding carboxylic acids is 5. The Labute approximate surface area is 206 Å². The van der Waals surface area contributed by atoms with E-state index in [2.05, 4.69) is 10.6 Å². The summed E-state index contributed by atoms with van der Waals surface area (Å²) < 4.78 is 0. The fourth-order valence-corrected chi connectivity index (χ4v) is 6.25. The topological polar surface area (TPSA) is 156 Å². The number of hydrogen-bond donors (Lipinski definition) is 4. The summed E-state index contributed by atoms with van der Waals surface area (Å²) >= 11 is 0.